The molecule has 0 spiro atoms. The SMILES string of the molecule is C=C=CC(C)COS(N)(=O)=O. The minimum Gasteiger partial charge on any atom is -0.258 e. The molecule has 11 heavy (non-hydrogen) atoms. The number of rotatable bonds is 4. The summed E-state index contributed by atoms with van der Waals surface area (Å²) in [5.74, 6) is -0.0502. The zero-order chi connectivity index (χ0) is 8.91. The zero-order valence-corrected chi connectivity index (χ0v) is 7.10. The van der Waals surface area contributed by atoms with Gasteiger partial charge in [0, 0.05) is 5.92 Å². The molecule has 0 aromatic heterocycles. The highest BCUT2D eigenvalue weighted by atomic mass is 32.2. The summed E-state index contributed by atoms with van der Waals surface area (Å²) < 4.78 is 24.8. The summed E-state index contributed by atoms with van der Waals surface area (Å²) in [6, 6.07) is 0. The van der Waals surface area contributed by atoms with Gasteiger partial charge in [-0.05, 0) is 6.08 Å². The first-order chi connectivity index (χ1) is 4.95. The lowest BCUT2D eigenvalue weighted by atomic mass is 10.2. The largest absolute Gasteiger partial charge is 0.333 e. The highest BCUT2D eigenvalue weighted by Crippen LogP contribution is 1.97. The molecule has 0 saturated heterocycles. The molecule has 0 fully saturated rings. The molecule has 1 atom stereocenters. The predicted octanol–water partition coefficient (Wildman–Crippen LogP) is 0.184. The van der Waals surface area contributed by atoms with Gasteiger partial charge in [-0.3, -0.25) is 4.18 Å². The second-order valence-corrected chi connectivity index (χ2v) is 3.35. The van der Waals surface area contributed by atoms with Crippen LogP contribution in [-0.2, 0) is 14.5 Å². The molecule has 0 aromatic rings. The Balaban J connectivity index is 3.81. The van der Waals surface area contributed by atoms with Crippen molar-refractivity contribution in [2.45, 2.75) is 6.92 Å². The third-order valence-corrected chi connectivity index (χ3v) is 1.36. The Morgan fingerprint density at radius 3 is 2.73 bits per heavy atom. The minimum atomic E-state index is -3.81. The quantitative estimate of drug-likeness (QED) is 0.623. The highest BCUT2D eigenvalue weighted by molar-refractivity contribution is 7.84. The molecule has 0 radical (unpaired) electrons. The van der Waals surface area contributed by atoms with Gasteiger partial charge in [0.25, 0.3) is 0 Å². The van der Waals surface area contributed by atoms with Crippen LogP contribution in [0.2, 0.25) is 0 Å². The summed E-state index contributed by atoms with van der Waals surface area (Å²) in [7, 11) is -3.81. The molecule has 4 nitrogen and oxygen atoms in total. The van der Waals surface area contributed by atoms with Crippen LogP contribution >= 0.6 is 0 Å². The van der Waals surface area contributed by atoms with E-state index in [4.69, 9.17) is 0 Å². The molecule has 0 aliphatic heterocycles. The topological polar surface area (TPSA) is 69.4 Å². The van der Waals surface area contributed by atoms with Crippen molar-refractivity contribution in [1.29, 1.82) is 0 Å². The Hall–Kier alpha value is -0.610. The van der Waals surface area contributed by atoms with Crippen molar-refractivity contribution in [3.05, 3.63) is 18.4 Å². The van der Waals surface area contributed by atoms with E-state index in [1.807, 2.05) is 0 Å². The fraction of sp³-hybridized carbons (Fsp3) is 0.500. The van der Waals surface area contributed by atoms with E-state index in [0.717, 1.165) is 0 Å². The second kappa shape index (κ2) is 4.31. The molecule has 0 aromatic carbocycles. The van der Waals surface area contributed by atoms with E-state index in [1.165, 1.54) is 0 Å². The van der Waals surface area contributed by atoms with Crippen LogP contribution in [-0.4, -0.2) is 15.0 Å². The average molecular weight is 177 g/mol. The second-order valence-electron chi connectivity index (χ2n) is 2.13. The van der Waals surface area contributed by atoms with E-state index >= 15 is 0 Å². The van der Waals surface area contributed by atoms with Crippen molar-refractivity contribution < 1.29 is 12.6 Å². The molecule has 0 heterocycles. The number of nitrogens with two attached hydrogens (primary N) is 1. The van der Waals surface area contributed by atoms with Gasteiger partial charge in [-0.25, -0.2) is 5.14 Å². The Labute approximate surface area is 66.6 Å². The van der Waals surface area contributed by atoms with E-state index < -0.39 is 10.3 Å². The Morgan fingerprint density at radius 1 is 1.82 bits per heavy atom. The highest BCUT2D eigenvalue weighted by Gasteiger charge is 2.04. The van der Waals surface area contributed by atoms with Crippen molar-refractivity contribution in [3.8, 4) is 0 Å². The predicted molar refractivity (Wildman–Crippen MR) is 41.9 cm³/mol. The zero-order valence-electron chi connectivity index (χ0n) is 6.28. The molecule has 1 unspecified atom stereocenters. The minimum absolute atomic E-state index is 0.0291. The molecular formula is C6H11NO3S. The van der Waals surface area contributed by atoms with Crippen LogP contribution in [0.4, 0.5) is 0 Å². The van der Waals surface area contributed by atoms with Crippen LogP contribution in [0.1, 0.15) is 6.92 Å². The molecule has 0 aliphatic rings. The summed E-state index contributed by atoms with van der Waals surface area (Å²) in [5.41, 5.74) is 2.51. The van der Waals surface area contributed by atoms with Gasteiger partial charge >= 0.3 is 10.3 Å². The lowest BCUT2D eigenvalue weighted by Crippen LogP contribution is -2.18. The first-order valence-electron chi connectivity index (χ1n) is 2.99. The summed E-state index contributed by atoms with van der Waals surface area (Å²) in [6.45, 7) is 5.12. The Bertz CT molecular complexity index is 251. The monoisotopic (exact) mass is 177 g/mol. The van der Waals surface area contributed by atoms with Crippen molar-refractivity contribution >= 4 is 10.3 Å². The van der Waals surface area contributed by atoms with Crippen LogP contribution in [0.3, 0.4) is 0 Å². The third-order valence-electron chi connectivity index (χ3n) is 0.898. The van der Waals surface area contributed by atoms with Gasteiger partial charge in [0.1, 0.15) is 0 Å². The van der Waals surface area contributed by atoms with Gasteiger partial charge in [-0.15, -0.1) is 5.73 Å². The molecule has 0 saturated carbocycles. The molecule has 0 aliphatic carbocycles. The van der Waals surface area contributed by atoms with Crippen LogP contribution in [0.5, 0.6) is 0 Å². The normalized spacial score (nSPS) is 13.6. The smallest absolute Gasteiger partial charge is 0.258 e. The van der Waals surface area contributed by atoms with Gasteiger partial charge in [0.05, 0.1) is 6.61 Å². The van der Waals surface area contributed by atoms with Crippen molar-refractivity contribution in [2.75, 3.05) is 6.61 Å². The Morgan fingerprint density at radius 2 is 2.36 bits per heavy atom. The molecule has 0 bridgehead atoms. The summed E-state index contributed by atoms with van der Waals surface area (Å²) in [5, 5.41) is 4.58. The molecular weight excluding hydrogens is 166 g/mol. The molecule has 0 rings (SSSR count). The first kappa shape index (κ1) is 10.4. The molecule has 2 N–H and O–H groups in total. The molecule has 0 amide bonds. The average Bonchev–Trinajstić information content (AvgIpc) is 1.83. The lowest BCUT2D eigenvalue weighted by molar-refractivity contribution is 0.289. The molecule has 5 heteroatoms. The van der Waals surface area contributed by atoms with E-state index in [-0.39, 0.29) is 12.5 Å². The summed E-state index contributed by atoms with van der Waals surface area (Å²) in [4.78, 5) is 0. The van der Waals surface area contributed by atoms with E-state index in [0.29, 0.717) is 0 Å². The van der Waals surface area contributed by atoms with Gasteiger partial charge in [-0.2, -0.15) is 8.42 Å². The Kier molecular flexibility index (Phi) is 4.07. The van der Waals surface area contributed by atoms with Gasteiger partial charge in [0.15, 0.2) is 0 Å². The number of hydrogen-bond acceptors (Lipinski definition) is 3. The van der Waals surface area contributed by atoms with Crippen molar-refractivity contribution in [3.63, 3.8) is 0 Å². The van der Waals surface area contributed by atoms with Crippen molar-refractivity contribution in [2.24, 2.45) is 11.1 Å². The maximum Gasteiger partial charge on any atom is 0.333 e. The van der Waals surface area contributed by atoms with Gasteiger partial charge < -0.3 is 0 Å². The van der Waals surface area contributed by atoms with Gasteiger partial charge in [0.2, 0.25) is 0 Å². The van der Waals surface area contributed by atoms with Gasteiger partial charge in [-0.1, -0.05) is 13.5 Å². The summed E-state index contributed by atoms with van der Waals surface area (Å²) >= 11 is 0. The van der Waals surface area contributed by atoms with Crippen LogP contribution in [0.25, 0.3) is 0 Å². The van der Waals surface area contributed by atoms with E-state index in [1.54, 1.807) is 13.0 Å². The van der Waals surface area contributed by atoms with E-state index in [9.17, 15) is 8.42 Å². The maximum atomic E-state index is 10.2. The summed E-state index contributed by atoms with van der Waals surface area (Å²) in [6.07, 6.45) is 1.60. The lowest BCUT2D eigenvalue weighted by Gasteiger charge is -2.02. The third kappa shape index (κ3) is 7.29. The molecule has 64 valence electrons. The van der Waals surface area contributed by atoms with Crippen LogP contribution in [0.15, 0.2) is 18.4 Å². The number of hydrogen-bond donors (Lipinski definition) is 1. The fourth-order valence-corrected chi connectivity index (χ4v) is 0.856. The van der Waals surface area contributed by atoms with E-state index in [2.05, 4.69) is 21.6 Å². The van der Waals surface area contributed by atoms with Crippen molar-refractivity contribution in [1.82, 2.24) is 0 Å². The first-order valence-corrected chi connectivity index (χ1v) is 4.46. The fourth-order valence-electron chi connectivity index (χ4n) is 0.451. The van der Waals surface area contributed by atoms with Crippen LogP contribution in [0, 0.1) is 5.92 Å². The standard InChI is InChI=1S/C6H11NO3S/c1-3-4-6(2)5-10-11(7,8)9/h4,6H,1,5H2,2H3,(H2,7,8,9). The van der Waals surface area contributed by atoms with Crippen LogP contribution < -0.4 is 5.14 Å². The maximum absolute atomic E-state index is 10.2.